The molecule has 0 aromatic rings. The van der Waals surface area contributed by atoms with Gasteiger partial charge in [-0.1, -0.05) is 34.1 Å². The van der Waals surface area contributed by atoms with Crippen molar-refractivity contribution in [3.8, 4) is 0 Å². The van der Waals surface area contributed by atoms with Crippen LogP contribution in [0.1, 0.15) is 47.0 Å². The average Bonchev–Trinajstić information content (AvgIpc) is 2.64. The molecular formula is C13H24. The van der Waals surface area contributed by atoms with Gasteiger partial charge in [0.25, 0.3) is 0 Å². The highest BCUT2D eigenvalue weighted by atomic mass is 14.6. The lowest BCUT2D eigenvalue weighted by Crippen LogP contribution is -2.19. The van der Waals surface area contributed by atoms with E-state index in [4.69, 9.17) is 0 Å². The predicted molar refractivity (Wildman–Crippen MR) is 57.5 cm³/mol. The monoisotopic (exact) mass is 180 g/mol. The Morgan fingerprint density at radius 1 is 1.23 bits per heavy atom. The van der Waals surface area contributed by atoms with Gasteiger partial charge in [0.15, 0.2) is 0 Å². The fourth-order valence-corrected chi connectivity index (χ4v) is 3.73. The molecule has 0 spiro atoms. The van der Waals surface area contributed by atoms with E-state index in [9.17, 15) is 0 Å². The molecule has 0 radical (unpaired) electrons. The first-order valence-corrected chi connectivity index (χ1v) is 6.16. The summed E-state index contributed by atoms with van der Waals surface area (Å²) in [5.74, 6) is 6.34. The standard InChI is InChI=1S/C13H24/c1-5-8(2)9(3)11-6-7-12-10(4)13(11)12/h8-13H,5-7H2,1-4H3. The van der Waals surface area contributed by atoms with Gasteiger partial charge in [-0.15, -0.1) is 0 Å². The maximum Gasteiger partial charge on any atom is -0.0324 e. The lowest BCUT2D eigenvalue weighted by atomic mass is 9.79. The molecule has 2 fully saturated rings. The predicted octanol–water partition coefficient (Wildman–Crippen LogP) is 3.96. The molecule has 0 bridgehead atoms. The van der Waals surface area contributed by atoms with Crippen LogP contribution in [0.3, 0.4) is 0 Å². The number of hydrogen-bond acceptors (Lipinski definition) is 0. The Hall–Kier alpha value is 0. The zero-order chi connectivity index (χ0) is 9.59. The highest BCUT2D eigenvalue weighted by molar-refractivity contribution is 5.04. The van der Waals surface area contributed by atoms with E-state index >= 15 is 0 Å². The van der Waals surface area contributed by atoms with Crippen LogP contribution in [0.15, 0.2) is 0 Å². The van der Waals surface area contributed by atoms with Gasteiger partial charge >= 0.3 is 0 Å². The first-order valence-electron chi connectivity index (χ1n) is 6.16. The Bertz CT molecular complexity index is 184. The second-order valence-electron chi connectivity index (χ2n) is 5.59. The molecule has 6 atom stereocenters. The van der Waals surface area contributed by atoms with Gasteiger partial charge in [0.2, 0.25) is 0 Å². The van der Waals surface area contributed by atoms with Gasteiger partial charge in [-0.3, -0.25) is 0 Å². The summed E-state index contributed by atoms with van der Waals surface area (Å²) in [4.78, 5) is 0. The van der Waals surface area contributed by atoms with E-state index in [1.165, 1.54) is 19.3 Å². The molecule has 0 aliphatic heterocycles. The first-order chi connectivity index (χ1) is 6.16. The van der Waals surface area contributed by atoms with E-state index in [1.807, 2.05) is 0 Å². The number of hydrogen-bond donors (Lipinski definition) is 0. The lowest BCUT2D eigenvalue weighted by molar-refractivity contribution is 0.227. The van der Waals surface area contributed by atoms with Crippen molar-refractivity contribution in [1.29, 1.82) is 0 Å². The van der Waals surface area contributed by atoms with E-state index in [0.717, 1.165) is 35.5 Å². The summed E-state index contributed by atoms with van der Waals surface area (Å²) in [7, 11) is 0. The number of fused-ring (bicyclic) bond motifs is 1. The molecule has 0 aromatic carbocycles. The van der Waals surface area contributed by atoms with E-state index in [-0.39, 0.29) is 0 Å². The van der Waals surface area contributed by atoms with Crippen molar-refractivity contribution in [2.45, 2.75) is 47.0 Å². The van der Waals surface area contributed by atoms with Crippen molar-refractivity contribution in [2.24, 2.45) is 35.5 Å². The van der Waals surface area contributed by atoms with Crippen molar-refractivity contribution in [3.05, 3.63) is 0 Å². The molecule has 0 heteroatoms. The zero-order valence-corrected chi connectivity index (χ0v) is 9.59. The van der Waals surface area contributed by atoms with E-state index in [2.05, 4.69) is 27.7 Å². The minimum Gasteiger partial charge on any atom is -0.0651 e. The topological polar surface area (TPSA) is 0 Å². The summed E-state index contributed by atoms with van der Waals surface area (Å²) < 4.78 is 0. The van der Waals surface area contributed by atoms with Crippen molar-refractivity contribution in [2.75, 3.05) is 0 Å². The molecule has 0 saturated heterocycles. The first kappa shape index (κ1) is 9.55. The van der Waals surface area contributed by atoms with Crippen LogP contribution in [-0.4, -0.2) is 0 Å². The molecular weight excluding hydrogens is 156 g/mol. The Morgan fingerprint density at radius 2 is 1.92 bits per heavy atom. The van der Waals surface area contributed by atoms with Crippen LogP contribution in [0.5, 0.6) is 0 Å². The highest BCUT2D eigenvalue weighted by Gasteiger charge is 2.56. The van der Waals surface area contributed by atoms with Crippen LogP contribution in [0.4, 0.5) is 0 Å². The third-order valence-corrected chi connectivity index (χ3v) is 5.18. The van der Waals surface area contributed by atoms with E-state index in [1.54, 1.807) is 0 Å². The fraction of sp³-hybridized carbons (Fsp3) is 1.00. The molecule has 76 valence electrons. The van der Waals surface area contributed by atoms with E-state index in [0.29, 0.717) is 0 Å². The van der Waals surface area contributed by atoms with Gasteiger partial charge in [0.05, 0.1) is 0 Å². The maximum absolute atomic E-state index is 2.49. The summed E-state index contributed by atoms with van der Waals surface area (Å²) in [6.07, 6.45) is 4.44. The Morgan fingerprint density at radius 3 is 2.38 bits per heavy atom. The smallest absolute Gasteiger partial charge is 0.0324 e. The van der Waals surface area contributed by atoms with Crippen LogP contribution in [0.2, 0.25) is 0 Å². The molecule has 2 rings (SSSR count). The Balaban J connectivity index is 1.94. The van der Waals surface area contributed by atoms with Crippen molar-refractivity contribution in [1.82, 2.24) is 0 Å². The van der Waals surface area contributed by atoms with Crippen LogP contribution in [0, 0.1) is 35.5 Å². The zero-order valence-electron chi connectivity index (χ0n) is 9.59. The molecule has 13 heavy (non-hydrogen) atoms. The molecule has 6 unspecified atom stereocenters. The molecule has 2 aliphatic rings. The van der Waals surface area contributed by atoms with Crippen LogP contribution in [0.25, 0.3) is 0 Å². The maximum atomic E-state index is 2.49. The molecule has 2 saturated carbocycles. The number of rotatable bonds is 3. The molecule has 0 N–H and O–H groups in total. The summed E-state index contributed by atoms with van der Waals surface area (Å²) in [6, 6.07) is 0. The SMILES string of the molecule is CCC(C)C(C)C1CCC2C(C)C12. The Kier molecular flexibility index (Phi) is 2.42. The van der Waals surface area contributed by atoms with Gasteiger partial charge < -0.3 is 0 Å². The summed E-state index contributed by atoms with van der Waals surface area (Å²) in [5, 5.41) is 0. The fourth-order valence-electron chi connectivity index (χ4n) is 3.73. The van der Waals surface area contributed by atoms with Gasteiger partial charge in [0.1, 0.15) is 0 Å². The molecule has 0 amide bonds. The summed E-state index contributed by atoms with van der Waals surface area (Å²) in [5.41, 5.74) is 0. The van der Waals surface area contributed by atoms with E-state index < -0.39 is 0 Å². The summed E-state index contributed by atoms with van der Waals surface area (Å²) in [6.45, 7) is 9.73. The molecule has 0 heterocycles. The van der Waals surface area contributed by atoms with Gasteiger partial charge in [-0.2, -0.15) is 0 Å². The van der Waals surface area contributed by atoms with Crippen LogP contribution < -0.4 is 0 Å². The van der Waals surface area contributed by atoms with Crippen LogP contribution in [-0.2, 0) is 0 Å². The minimum absolute atomic E-state index is 0.941. The summed E-state index contributed by atoms with van der Waals surface area (Å²) >= 11 is 0. The van der Waals surface area contributed by atoms with Crippen LogP contribution >= 0.6 is 0 Å². The highest BCUT2D eigenvalue weighted by Crippen LogP contribution is 2.62. The largest absolute Gasteiger partial charge is 0.0651 e. The third-order valence-electron chi connectivity index (χ3n) is 5.18. The third kappa shape index (κ3) is 1.43. The quantitative estimate of drug-likeness (QED) is 0.616. The van der Waals surface area contributed by atoms with Gasteiger partial charge in [0, 0.05) is 0 Å². The normalized spacial score (nSPS) is 47.1. The molecule has 2 aliphatic carbocycles. The minimum atomic E-state index is 0.941. The van der Waals surface area contributed by atoms with Crippen molar-refractivity contribution in [3.63, 3.8) is 0 Å². The lowest BCUT2D eigenvalue weighted by Gasteiger charge is -2.26. The average molecular weight is 180 g/mol. The molecule has 0 aromatic heterocycles. The second kappa shape index (κ2) is 3.29. The molecule has 0 nitrogen and oxygen atoms in total. The van der Waals surface area contributed by atoms with Crippen molar-refractivity contribution >= 4 is 0 Å². The van der Waals surface area contributed by atoms with Gasteiger partial charge in [-0.25, -0.2) is 0 Å². The van der Waals surface area contributed by atoms with Crippen molar-refractivity contribution < 1.29 is 0 Å². The Labute approximate surface area is 83.1 Å². The second-order valence-corrected chi connectivity index (χ2v) is 5.59. The van der Waals surface area contributed by atoms with Gasteiger partial charge in [-0.05, 0) is 48.3 Å².